The molecule has 0 atom stereocenters. The monoisotopic (exact) mass is 268 g/mol. The summed E-state index contributed by atoms with van der Waals surface area (Å²) in [5, 5.41) is 0. The lowest BCUT2D eigenvalue weighted by Gasteiger charge is -2.47. The molecule has 114 valence electrons. The Bertz CT molecular complexity index is 219. The minimum absolute atomic E-state index is 0.326. The molecule has 1 aliphatic carbocycles. The minimum Gasteiger partial charge on any atom is -0.329 e. The third-order valence-electron chi connectivity index (χ3n) is 5.33. The lowest BCUT2D eigenvalue weighted by Crippen LogP contribution is -2.56. The number of rotatable bonds is 9. The molecule has 0 saturated heterocycles. The van der Waals surface area contributed by atoms with Crippen LogP contribution in [0.25, 0.3) is 0 Å². The fraction of sp³-hybridized carbons (Fsp3) is 1.00. The highest BCUT2D eigenvalue weighted by molar-refractivity contribution is 4.95. The second-order valence-electron chi connectivity index (χ2n) is 6.42. The Balaban J connectivity index is 2.50. The summed E-state index contributed by atoms with van der Waals surface area (Å²) in [5.41, 5.74) is 6.52. The van der Waals surface area contributed by atoms with Gasteiger partial charge in [-0.25, -0.2) is 0 Å². The highest BCUT2D eigenvalue weighted by Crippen LogP contribution is 2.37. The molecule has 2 N–H and O–H groups in total. The smallest absolute Gasteiger partial charge is 0.0331 e. The van der Waals surface area contributed by atoms with Crippen molar-refractivity contribution in [1.82, 2.24) is 4.90 Å². The van der Waals surface area contributed by atoms with Gasteiger partial charge in [0.2, 0.25) is 0 Å². The van der Waals surface area contributed by atoms with Gasteiger partial charge in [0.15, 0.2) is 0 Å². The molecule has 0 radical (unpaired) electrons. The van der Waals surface area contributed by atoms with Crippen LogP contribution in [0.1, 0.15) is 78.6 Å². The summed E-state index contributed by atoms with van der Waals surface area (Å²) in [6.45, 7) is 10.2. The Hall–Kier alpha value is -0.0800. The summed E-state index contributed by atoms with van der Waals surface area (Å²) in [5.74, 6) is 0.957. The molecule has 1 saturated carbocycles. The van der Waals surface area contributed by atoms with E-state index in [4.69, 9.17) is 5.73 Å². The first-order valence-electron chi connectivity index (χ1n) is 8.67. The van der Waals surface area contributed by atoms with Gasteiger partial charge in [0, 0.05) is 12.1 Å². The molecule has 0 aromatic rings. The van der Waals surface area contributed by atoms with E-state index in [2.05, 4.69) is 25.7 Å². The number of nitrogens with two attached hydrogens (primary N) is 1. The van der Waals surface area contributed by atoms with Crippen molar-refractivity contribution in [2.24, 2.45) is 11.7 Å². The zero-order chi connectivity index (χ0) is 14.1. The molecular formula is C17H36N2. The van der Waals surface area contributed by atoms with E-state index in [9.17, 15) is 0 Å². The second kappa shape index (κ2) is 8.97. The van der Waals surface area contributed by atoms with Crippen molar-refractivity contribution < 1.29 is 0 Å². The van der Waals surface area contributed by atoms with Crippen LogP contribution >= 0.6 is 0 Å². The number of likely N-dealkylation sites (N-methyl/N-ethyl adjacent to an activating group) is 1. The second-order valence-corrected chi connectivity index (χ2v) is 6.42. The fourth-order valence-electron chi connectivity index (χ4n) is 3.73. The molecule has 1 aliphatic rings. The van der Waals surface area contributed by atoms with Gasteiger partial charge in [-0.3, -0.25) is 4.90 Å². The lowest BCUT2D eigenvalue weighted by atomic mass is 9.74. The lowest BCUT2D eigenvalue weighted by molar-refractivity contribution is 0.0443. The third kappa shape index (κ3) is 4.75. The van der Waals surface area contributed by atoms with Crippen molar-refractivity contribution in [2.45, 2.75) is 84.1 Å². The van der Waals surface area contributed by atoms with Crippen molar-refractivity contribution in [3.05, 3.63) is 0 Å². The first kappa shape index (κ1) is 17.0. The molecule has 2 nitrogen and oxygen atoms in total. The summed E-state index contributed by atoms with van der Waals surface area (Å²) in [7, 11) is 0. The normalized spacial score (nSPS) is 27.9. The van der Waals surface area contributed by atoms with Gasteiger partial charge in [-0.2, -0.15) is 0 Å². The van der Waals surface area contributed by atoms with Crippen LogP contribution in [-0.4, -0.2) is 30.1 Å². The fourth-order valence-corrected chi connectivity index (χ4v) is 3.73. The molecule has 0 unspecified atom stereocenters. The Morgan fingerprint density at radius 3 is 2.21 bits per heavy atom. The quantitative estimate of drug-likeness (QED) is 0.635. The van der Waals surface area contributed by atoms with Crippen molar-refractivity contribution in [3.8, 4) is 0 Å². The molecule has 0 aliphatic heterocycles. The van der Waals surface area contributed by atoms with E-state index in [1.165, 1.54) is 70.9 Å². The first-order valence-corrected chi connectivity index (χ1v) is 8.67. The number of hydrogen-bond donors (Lipinski definition) is 1. The Morgan fingerprint density at radius 1 is 1.05 bits per heavy atom. The van der Waals surface area contributed by atoms with E-state index in [-0.39, 0.29) is 0 Å². The summed E-state index contributed by atoms with van der Waals surface area (Å²) >= 11 is 0. The highest BCUT2D eigenvalue weighted by Gasteiger charge is 2.37. The molecule has 0 bridgehead atoms. The largest absolute Gasteiger partial charge is 0.329 e. The van der Waals surface area contributed by atoms with Crippen molar-refractivity contribution in [3.63, 3.8) is 0 Å². The standard InChI is InChI=1S/C17H36N2/c1-4-7-8-9-14-19(6-3)17(15-18)12-10-16(5-2)11-13-17/h16H,4-15,18H2,1-3H3. The Morgan fingerprint density at radius 2 is 1.74 bits per heavy atom. The SMILES string of the molecule is CCCCCCN(CC)C1(CN)CCC(CC)CC1. The Labute approximate surface area is 121 Å². The van der Waals surface area contributed by atoms with Gasteiger partial charge in [0.1, 0.15) is 0 Å². The first-order chi connectivity index (χ1) is 9.22. The van der Waals surface area contributed by atoms with Gasteiger partial charge >= 0.3 is 0 Å². The maximum atomic E-state index is 6.19. The van der Waals surface area contributed by atoms with Gasteiger partial charge < -0.3 is 5.73 Å². The van der Waals surface area contributed by atoms with Crippen LogP contribution in [0.15, 0.2) is 0 Å². The van der Waals surface area contributed by atoms with Crippen LogP contribution in [-0.2, 0) is 0 Å². The molecule has 0 spiro atoms. The van der Waals surface area contributed by atoms with Crippen LogP contribution in [0, 0.1) is 5.92 Å². The zero-order valence-corrected chi connectivity index (χ0v) is 13.6. The number of unbranched alkanes of at least 4 members (excludes halogenated alkanes) is 3. The number of nitrogens with zero attached hydrogens (tertiary/aromatic N) is 1. The van der Waals surface area contributed by atoms with Crippen molar-refractivity contribution >= 4 is 0 Å². The highest BCUT2D eigenvalue weighted by atomic mass is 15.2. The summed E-state index contributed by atoms with van der Waals surface area (Å²) in [6, 6.07) is 0. The molecular weight excluding hydrogens is 232 g/mol. The van der Waals surface area contributed by atoms with Gasteiger partial charge in [-0.1, -0.05) is 46.5 Å². The topological polar surface area (TPSA) is 29.3 Å². The molecule has 2 heteroatoms. The maximum absolute atomic E-state index is 6.19. The summed E-state index contributed by atoms with van der Waals surface area (Å²) in [6.07, 6.45) is 12.2. The summed E-state index contributed by atoms with van der Waals surface area (Å²) < 4.78 is 0. The number of hydrogen-bond acceptors (Lipinski definition) is 2. The van der Waals surface area contributed by atoms with E-state index in [0.717, 1.165) is 12.5 Å². The van der Waals surface area contributed by atoms with E-state index >= 15 is 0 Å². The molecule has 1 rings (SSSR count). The molecule has 0 aromatic carbocycles. The van der Waals surface area contributed by atoms with Gasteiger partial charge in [-0.05, 0) is 51.1 Å². The minimum atomic E-state index is 0.326. The maximum Gasteiger partial charge on any atom is 0.0331 e. The van der Waals surface area contributed by atoms with Crippen LogP contribution in [0.2, 0.25) is 0 Å². The zero-order valence-electron chi connectivity index (χ0n) is 13.6. The molecule has 19 heavy (non-hydrogen) atoms. The van der Waals surface area contributed by atoms with Gasteiger partial charge in [0.25, 0.3) is 0 Å². The van der Waals surface area contributed by atoms with E-state index < -0.39 is 0 Å². The van der Waals surface area contributed by atoms with Crippen LogP contribution in [0.3, 0.4) is 0 Å². The van der Waals surface area contributed by atoms with E-state index in [0.29, 0.717) is 5.54 Å². The van der Waals surface area contributed by atoms with Gasteiger partial charge in [-0.15, -0.1) is 0 Å². The molecule has 0 aromatic heterocycles. The predicted molar refractivity (Wildman–Crippen MR) is 85.4 cm³/mol. The van der Waals surface area contributed by atoms with Crippen molar-refractivity contribution in [2.75, 3.05) is 19.6 Å². The van der Waals surface area contributed by atoms with Gasteiger partial charge in [0.05, 0.1) is 0 Å². The van der Waals surface area contributed by atoms with E-state index in [1.807, 2.05) is 0 Å². The van der Waals surface area contributed by atoms with Crippen LogP contribution in [0.5, 0.6) is 0 Å². The molecule has 0 heterocycles. The van der Waals surface area contributed by atoms with E-state index in [1.54, 1.807) is 0 Å². The summed E-state index contributed by atoms with van der Waals surface area (Å²) in [4.78, 5) is 2.70. The molecule has 0 amide bonds. The predicted octanol–water partition coefficient (Wildman–Crippen LogP) is 4.19. The third-order valence-corrected chi connectivity index (χ3v) is 5.33. The van der Waals surface area contributed by atoms with Crippen LogP contribution < -0.4 is 5.73 Å². The van der Waals surface area contributed by atoms with Crippen LogP contribution in [0.4, 0.5) is 0 Å². The average Bonchev–Trinajstić information content (AvgIpc) is 2.47. The molecule has 1 fully saturated rings. The Kier molecular flexibility index (Phi) is 8.01. The van der Waals surface area contributed by atoms with Crippen molar-refractivity contribution in [1.29, 1.82) is 0 Å². The average molecular weight is 268 g/mol.